The van der Waals surface area contributed by atoms with Crippen LogP contribution in [0.5, 0.6) is 5.75 Å². The number of hydrogen-bond donors (Lipinski definition) is 2. The minimum absolute atomic E-state index is 0.00873. The van der Waals surface area contributed by atoms with E-state index in [1.54, 1.807) is 56.3 Å². The Bertz CT molecular complexity index is 813. The fourth-order valence-electron chi connectivity index (χ4n) is 2.20. The Balaban J connectivity index is 2.40. The predicted octanol–water partition coefficient (Wildman–Crippen LogP) is 3.75. The van der Waals surface area contributed by atoms with Crippen LogP contribution in [-0.4, -0.2) is 29.7 Å². The van der Waals surface area contributed by atoms with Gasteiger partial charge in [0, 0.05) is 5.56 Å². The Kier molecular flexibility index (Phi) is 7.09. The zero-order chi connectivity index (χ0) is 19.0. The van der Waals surface area contributed by atoms with Crippen LogP contribution in [0.25, 0.3) is 0 Å². The summed E-state index contributed by atoms with van der Waals surface area (Å²) in [5, 5.41) is 13.8. The van der Waals surface area contributed by atoms with Crippen molar-refractivity contribution < 1.29 is 23.5 Å². The van der Waals surface area contributed by atoms with Crippen LogP contribution in [0.3, 0.4) is 0 Å². The molecular formula is C18H21N2O5P. The van der Waals surface area contributed by atoms with Gasteiger partial charge in [0.25, 0.3) is 5.91 Å². The van der Waals surface area contributed by atoms with E-state index in [0.717, 1.165) is 0 Å². The second kappa shape index (κ2) is 9.29. The van der Waals surface area contributed by atoms with Crippen LogP contribution >= 0.6 is 7.60 Å². The number of carbonyl (C=O) groups excluding carboxylic acids is 1. The zero-order valence-corrected chi connectivity index (χ0v) is 15.5. The van der Waals surface area contributed by atoms with Gasteiger partial charge in [0.15, 0.2) is 5.45 Å². The van der Waals surface area contributed by atoms with Crippen molar-refractivity contribution in [2.45, 2.75) is 13.8 Å². The lowest BCUT2D eigenvalue weighted by atomic mass is 10.2. The quantitative estimate of drug-likeness (QED) is 0.415. The van der Waals surface area contributed by atoms with Crippen LogP contribution < -0.4 is 5.43 Å². The van der Waals surface area contributed by atoms with Gasteiger partial charge in [0.2, 0.25) is 0 Å². The Morgan fingerprint density at radius 1 is 1.04 bits per heavy atom. The number of rotatable bonds is 8. The third kappa shape index (κ3) is 4.79. The Hall–Kier alpha value is -2.47. The number of hydrazone groups is 1. The summed E-state index contributed by atoms with van der Waals surface area (Å²) >= 11 is 0. The number of nitrogens with zero attached hydrogens (tertiary/aromatic N) is 1. The highest BCUT2D eigenvalue weighted by atomic mass is 31.2. The van der Waals surface area contributed by atoms with Crippen molar-refractivity contribution in [2.24, 2.45) is 5.10 Å². The molecule has 0 spiro atoms. The number of para-hydroxylation sites is 1. The predicted molar refractivity (Wildman–Crippen MR) is 99.4 cm³/mol. The van der Waals surface area contributed by atoms with Crippen molar-refractivity contribution >= 4 is 19.0 Å². The van der Waals surface area contributed by atoms with Crippen molar-refractivity contribution in [1.29, 1.82) is 0 Å². The van der Waals surface area contributed by atoms with E-state index in [4.69, 9.17) is 9.05 Å². The lowest BCUT2D eigenvalue weighted by Crippen LogP contribution is -2.21. The summed E-state index contributed by atoms with van der Waals surface area (Å²) in [6, 6.07) is 14.7. The maximum Gasteiger partial charge on any atom is 0.381 e. The van der Waals surface area contributed by atoms with Gasteiger partial charge in [0.1, 0.15) is 5.75 Å². The molecule has 2 rings (SSSR count). The number of carbonyl (C=O) groups is 1. The maximum absolute atomic E-state index is 13.2. The normalized spacial score (nSPS) is 12.0. The number of amides is 1. The number of hydrogen-bond acceptors (Lipinski definition) is 6. The number of phenolic OH excluding ortho intramolecular Hbond substituents is 1. The summed E-state index contributed by atoms with van der Waals surface area (Å²) < 4.78 is 23.9. The van der Waals surface area contributed by atoms with Crippen molar-refractivity contribution in [1.82, 2.24) is 5.43 Å². The van der Waals surface area contributed by atoms with E-state index in [1.807, 2.05) is 0 Å². The van der Waals surface area contributed by atoms with Crippen LogP contribution in [0.4, 0.5) is 0 Å². The lowest BCUT2D eigenvalue weighted by molar-refractivity contribution is 0.0952. The van der Waals surface area contributed by atoms with E-state index >= 15 is 0 Å². The fraction of sp³-hybridized carbons (Fsp3) is 0.222. The van der Waals surface area contributed by atoms with Crippen molar-refractivity contribution in [2.75, 3.05) is 13.2 Å². The first-order chi connectivity index (χ1) is 12.5. The molecule has 0 aliphatic rings. The molecule has 2 aromatic carbocycles. The molecule has 7 nitrogen and oxygen atoms in total. The molecule has 0 fully saturated rings. The van der Waals surface area contributed by atoms with Crippen molar-refractivity contribution in [3.05, 3.63) is 65.7 Å². The SMILES string of the molecule is CCOP(=O)(OCC)C(=NNC(=O)c1ccccc1O)c1ccccc1. The zero-order valence-electron chi connectivity index (χ0n) is 14.6. The van der Waals surface area contributed by atoms with E-state index < -0.39 is 13.5 Å². The molecule has 26 heavy (non-hydrogen) atoms. The summed E-state index contributed by atoms with van der Waals surface area (Å²) in [6.07, 6.45) is 0. The molecule has 0 saturated carbocycles. The highest BCUT2D eigenvalue weighted by Gasteiger charge is 2.33. The van der Waals surface area contributed by atoms with Gasteiger partial charge in [-0.3, -0.25) is 9.36 Å². The van der Waals surface area contributed by atoms with Crippen LogP contribution in [0, 0.1) is 0 Å². The molecule has 2 aromatic rings. The molecule has 0 bridgehead atoms. The average Bonchev–Trinajstić information content (AvgIpc) is 2.63. The van der Waals surface area contributed by atoms with Crippen LogP contribution in [-0.2, 0) is 13.6 Å². The molecule has 0 aromatic heterocycles. The van der Waals surface area contributed by atoms with E-state index in [0.29, 0.717) is 5.56 Å². The molecule has 1 amide bonds. The monoisotopic (exact) mass is 376 g/mol. The van der Waals surface area contributed by atoms with Gasteiger partial charge >= 0.3 is 7.60 Å². The number of phenols is 1. The second-order valence-corrected chi connectivity index (χ2v) is 7.03. The van der Waals surface area contributed by atoms with E-state index in [1.165, 1.54) is 12.1 Å². The molecule has 138 valence electrons. The summed E-state index contributed by atoms with van der Waals surface area (Å²) in [5.74, 6) is -0.824. The van der Waals surface area contributed by atoms with Crippen molar-refractivity contribution in [3.8, 4) is 5.75 Å². The minimum Gasteiger partial charge on any atom is -0.507 e. The highest BCUT2D eigenvalue weighted by Crippen LogP contribution is 2.51. The molecule has 0 heterocycles. The number of aromatic hydroxyl groups is 1. The Morgan fingerprint density at radius 2 is 1.62 bits per heavy atom. The first-order valence-electron chi connectivity index (χ1n) is 8.13. The van der Waals surface area contributed by atoms with Crippen molar-refractivity contribution in [3.63, 3.8) is 0 Å². The van der Waals surface area contributed by atoms with Gasteiger partial charge in [-0.1, -0.05) is 42.5 Å². The van der Waals surface area contributed by atoms with Gasteiger partial charge in [-0.05, 0) is 26.0 Å². The maximum atomic E-state index is 13.2. The molecular weight excluding hydrogens is 355 g/mol. The third-order valence-corrected chi connectivity index (χ3v) is 5.37. The number of benzene rings is 2. The third-order valence-electron chi connectivity index (χ3n) is 3.30. The van der Waals surface area contributed by atoms with E-state index in [-0.39, 0.29) is 30.0 Å². The van der Waals surface area contributed by atoms with Gasteiger partial charge in [-0.2, -0.15) is 5.10 Å². The van der Waals surface area contributed by atoms with Gasteiger partial charge in [0.05, 0.1) is 18.8 Å². The standard InChI is InChI=1S/C18H21N2O5P/c1-3-24-26(23,25-4-2)18(14-10-6-5-7-11-14)20-19-17(22)15-12-8-9-13-16(15)21/h5-13,21H,3-4H2,1-2H3,(H,19,22). The summed E-state index contributed by atoms with van der Waals surface area (Å²) in [5.41, 5.74) is 2.85. The minimum atomic E-state index is -3.74. The van der Waals surface area contributed by atoms with Gasteiger partial charge in [-0.15, -0.1) is 0 Å². The largest absolute Gasteiger partial charge is 0.507 e. The highest BCUT2D eigenvalue weighted by molar-refractivity contribution is 7.73. The van der Waals surface area contributed by atoms with Crippen LogP contribution in [0.1, 0.15) is 29.8 Å². The fourth-order valence-corrected chi connectivity index (χ4v) is 3.84. The summed E-state index contributed by atoms with van der Waals surface area (Å²) in [6.45, 7) is 3.68. The molecule has 0 unspecified atom stereocenters. The van der Waals surface area contributed by atoms with Gasteiger partial charge < -0.3 is 14.2 Å². The first kappa shape index (κ1) is 19.8. The molecule has 0 saturated heterocycles. The Morgan fingerprint density at radius 3 is 2.19 bits per heavy atom. The average molecular weight is 376 g/mol. The second-order valence-electron chi connectivity index (χ2n) is 5.09. The van der Waals surface area contributed by atoms with Crippen LogP contribution in [0.2, 0.25) is 0 Å². The smallest absolute Gasteiger partial charge is 0.381 e. The molecule has 0 atom stereocenters. The molecule has 2 N–H and O–H groups in total. The molecule has 0 radical (unpaired) electrons. The summed E-state index contributed by atoms with van der Waals surface area (Å²) in [4.78, 5) is 12.3. The lowest BCUT2D eigenvalue weighted by Gasteiger charge is -2.19. The van der Waals surface area contributed by atoms with Gasteiger partial charge in [-0.25, -0.2) is 5.43 Å². The Labute approximate surface area is 152 Å². The molecule has 8 heteroatoms. The van der Waals surface area contributed by atoms with E-state index in [2.05, 4.69) is 10.5 Å². The topological polar surface area (TPSA) is 97.2 Å². The van der Waals surface area contributed by atoms with Crippen LogP contribution in [0.15, 0.2) is 59.7 Å². The summed E-state index contributed by atoms with van der Waals surface area (Å²) in [7, 11) is -3.74. The first-order valence-corrected chi connectivity index (χ1v) is 9.67. The number of nitrogens with one attached hydrogen (secondary N) is 1. The van der Waals surface area contributed by atoms with E-state index in [9.17, 15) is 14.5 Å². The molecule has 0 aliphatic carbocycles. The molecule has 0 aliphatic heterocycles.